The number of nitrogens with zero attached hydrogens (tertiary/aromatic N) is 1. The maximum absolute atomic E-state index is 5.65. The number of hydrogen-bond donors (Lipinski definition) is 1. The van der Waals surface area contributed by atoms with Gasteiger partial charge in [-0.2, -0.15) is 0 Å². The number of nitrogens with two attached hydrogens (primary N) is 1. The predicted octanol–water partition coefficient (Wildman–Crippen LogP) is 2.24. The number of thiazole rings is 1. The molecule has 1 aromatic rings. The second-order valence-corrected chi connectivity index (χ2v) is 4.55. The molecule has 0 saturated carbocycles. The van der Waals surface area contributed by atoms with E-state index in [1.54, 1.807) is 11.3 Å². The molecule has 2 nitrogen and oxygen atoms in total. The molecule has 0 aliphatic heterocycles. The van der Waals surface area contributed by atoms with E-state index in [4.69, 9.17) is 5.73 Å². The van der Waals surface area contributed by atoms with Crippen molar-refractivity contribution in [1.29, 1.82) is 0 Å². The molecule has 1 heterocycles. The molecule has 0 bridgehead atoms. The highest BCUT2D eigenvalue weighted by atomic mass is 32.1. The van der Waals surface area contributed by atoms with E-state index in [9.17, 15) is 0 Å². The minimum atomic E-state index is 0.747. The van der Waals surface area contributed by atoms with E-state index in [0.717, 1.165) is 17.5 Å². The topological polar surface area (TPSA) is 38.9 Å². The van der Waals surface area contributed by atoms with E-state index in [2.05, 4.69) is 11.9 Å². The molecular formula is C9H14N2S. The monoisotopic (exact) mass is 182 g/mol. The van der Waals surface area contributed by atoms with Crippen molar-refractivity contribution in [3.8, 4) is 0 Å². The van der Waals surface area contributed by atoms with Crippen molar-refractivity contribution in [2.75, 3.05) is 5.73 Å². The van der Waals surface area contributed by atoms with Crippen molar-refractivity contribution in [2.45, 2.75) is 32.6 Å². The number of aryl methyl sites for hydroxylation is 1. The Balaban J connectivity index is 2.22. The van der Waals surface area contributed by atoms with Crippen molar-refractivity contribution >= 4 is 16.5 Å². The molecule has 0 fully saturated rings. The van der Waals surface area contributed by atoms with Crippen LogP contribution < -0.4 is 5.73 Å². The lowest BCUT2D eigenvalue weighted by molar-refractivity contribution is 0.446. The lowest BCUT2D eigenvalue weighted by Gasteiger charge is -2.18. The van der Waals surface area contributed by atoms with Crippen LogP contribution in [0.4, 0.5) is 5.13 Å². The Kier molecular flexibility index (Phi) is 2.05. The van der Waals surface area contributed by atoms with Crippen LogP contribution in [0.1, 0.15) is 30.3 Å². The Labute approximate surface area is 76.8 Å². The molecule has 1 aliphatic carbocycles. The van der Waals surface area contributed by atoms with Gasteiger partial charge in [-0.05, 0) is 25.2 Å². The van der Waals surface area contributed by atoms with Crippen molar-refractivity contribution in [1.82, 2.24) is 4.98 Å². The lowest BCUT2D eigenvalue weighted by Crippen LogP contribution is -2.11. The molecule has 1 atom stereocenters. The molecule has 0 amide bonds. The summed E-state index contributed by atoms with van der Waals surface area (Å²) in [6.45, 7) is 2.26. The molecular weight excluding hydrogens is 168 g/mol. The standard InChI is InChI=1S/C9H14N2S/c1-2-6-3-4-7-8(5-6)12-9(10)11-7/h6H,2-5H2,1H3,(H2,10,11)/t6-/m1/s1. The number of anilines is 1. The van der Waals surface area contributed by atoms with Gasteiger partial charge in [0.1, 0.15) is 0 Å². The maximum Gasteiger partial charge on any atom is 0.180 e. The zero-order valence-corrected chi connectivity index (χ0v) is 8.16. The number of rotatable bonds is 1. The highest BCUT2D eigenvalue weighted by Gasteiger charge is 2.20. The zero-order valence-electron chi connectivity index (χ0n) is 7.34. The zero-order chi connectivity index (χ0) is 8.55. The third kappa shape index (κ3) is 1.33. The molecule has 0 spiro atoms. The molecule has 2 rings (SSSR count). The van der Waals surface area contributed by atoms with Crippen molar-refractivity contribution < 1.29 is 0 Å². The van der Waals surface area contributed by atoms with Gasteiger partial charge in [-0.15, -0.1) is 11.3 Å². The number of hydrogen-bond acceptors (Lipinski definition) is 3. The van der Waals surface area contributed by atoms with Crippen LogP contribution in [0, 0.1) is 5.92 Å². The first-order valence-corrected chi connectivity index (χ1v) is 5.35. The smallest absolute Gasteiger partial charge is 0.180 e. The Bertz CT molecular complexity index is 280. The minimum absolute atomic E-state index is 0.747. The number of aromatic nitrogens is 1. The van der Waals surface area contributed by atoms with E-state index in [-0.39, 0.29) is 0 Å². The fourth-order valence-electron chi connectivity index (χ4n) is 1.81. The third-order valence-corrected chi connectivity index (χ3v) is 3.58. The summed E-state index contributed by atoms with van der Waals surface area (Å²) in [6, 6.07) is 0. The Morgan fingerprint density at radius 1 is 1.67 bits per heavy atom. The van der Waals surface area contributed by atoms with Crippen LogP contribution in [0.15, 0.2) is 0 Å². The molecule has 1 aliphatic rings. The molecule has 0 radical (unpaired) electrons. The summed E-state index contributed by atoms with van der Waals surface area (Å²) >= 11 is 1.68. The Morgan fingerprint density at radius 3 is 3.25 bits per heavy atom. The first-order valence-electron chi connectivity index (χ1n) is 4.53. The molecule has 0 unspecified atom stereocenters. The van der Waals surface area contributed by atoms with Crippen LogP contribution in [0.3, 0.4) is 0 Å². The average Bonchev–Trinajstić information content (AvgIpc) is 2.43. The van der Waals surface area contributed by atoms with Gasteiger partial charge >= 0.3 is 0 Å². The van der Waals surface area contributed by atoms with Crippen LogP contribution in [0.2, 0.25) is 0 Å². The normalized spacial score (nSPS) is 22.2. The summed E-state index contributed by atoms with van der Waals surface area (Å²) < 4.78 is 0. The first kappa shape index (κ1) is 8.05. The third-order valence-electron chi connectivity index (χ3n) is 2.64. The van der Waals surface area contributed by atoms with Crippen molar-refractivity contribution in [3.63, 3.8) is 0 Å². The summed E-state index contributed by atoms with van der Waals surface area (Å²) in [5, 5.41) is 0.747. The van der Waals surface area contributed by atoms with Gasteiger partial charge in [0.25, 0.3) is 0 Å². The van der Waals surface area contributed by atoms with Gasteiger partial charge in [0.2, 0.25) is 0 Å². The molecule has 0 saturated heterocycles. The van der Waals surface area contributed by atoms with E-state index >= 15 is 0 Å². The van der Waals surface area contributed by atoms with Crippen LogP contribution in [0.5, 0.6) is 0 Å². The highest BCUT2D eigenvalue weighted by molar-refractivity contribution is 7.15. The van der Waals surface area contributed by atoms with Gasteiger partial charge in [0, 0.05) is 4.88 Å². The van der Waals surface area contributed by atoms with Gasteiger partial charge in [-0.3, -0.25) is 0 Å². The molecule has 1 aromatic heterocycles. The molecule has 12 heavy (non-hydrogen) atoms. The second kappa shape index (κ2) is 3.05. The summed E-state index contributed by atoms with van der Waals surface area (Å²) in [6.07, 6.45) is 4.94. The minimum Gasteiger partial charge on any atom is -0.375 e. The quantitative estimate of drug-likeness (QED) is 0.723. The average molecular weight is 182 g/mol. The van der Waals surface area contributed by atoms with Crippen LogP contribution >= 0.6 is 11.3 Å². The van der Waals surface area contributed by atoms with Crippen molar-refractivity contribution in [3.05, 3.63) is 10.6 Å². The van der Waals surface area contributed by atoms with Gasteiger partial charge < -0.3 is 5.73 Å². The number of nitrogen functional groups attached to an aromatic ring is 1. The largest absolute Gasteiger partial charge is 0.375 e. The molecule has 0 aromatic carbocycles. The van der Waals surface area contributed by atoms with Crippen LogP contribution in [-0.4, -0.2) is 4.98 Å². The van der Waals surface area contributed by atoms with Crippen LogP contribution in [0.25, 0.3) is 0 Å². The Hall–Kier alpha value is -0.570. The summed E-state index contributed by atoms with van der Waals surface area (Å²) in [5.41, 5.74) is 6.92. The van der Waals surface area contributed by atoms with Gasteiger partial charge in [-0.1, -0.05) is 13.3 Å². The molecule has 2 N–H and O–H groups in total. The fourth-order valence-corrected chi connectivity index (χ4v) is 2.80. The second-order valence-electron chi connectivity index (χ2n) is 3.44. The van der Waals surface area contributed by atoms with Gasteiger partial charge in [0.05, 0.1) is 5.69 Å². The predicted molar refractivity (Wildman–Crippen MR) is 52.3 cm³/mol. The first-order chi connectivity index (χ1) is 5.79. The summed E-state index contributed by atoms with van der Waals surface area (Å²) in [4.78, 5) is 5.75. The van der Waals surface area contributed by atoms with Crippen molar-refractivity contribution in [2.24, 2.45) is 5.92 Å². The van der Waals surface area contributed by atoms with E-state index in [1.165, 1.54) is 29.8 Å². The van der Waals surface area contributed by atoms with E-state index in [0.29, 0.717) is 0 Å². The Morgan fingerprint density at radius 2 is 2.50 bits per heavy atom. The SMILES string of the molecule is CC[C@@H]1CCc2nc(N)sc2C1. The van der Waals surface area contributed by atoms with Gasteiger partial charge in [0.15, 0.2) is 5.13 Å². The van der Waals surface area contributed by atoms with E-state index in [1.807, 2.05) is 0 Å². The number of fused-ring (bicyclic) bond motifs is 1. The summed E-state index contributed by atoms with van der Waals surface area (Å²) in [5.74, 6) is 0.873. The van der Waals surface area contributed by atoms with E-state index < -0.39 is 0 Å². The fraction of sp³-hybridized carbons (Fsp3) is 0.667. The van der Waals surface area contributed by atoms with Gasteiger partial charge in [-0.25, -0.2) is 4.98 Å². The lowest BCUT2D eigenvalue weighted by atomic mass is 9.89. The molecule has 3 heteroatoms. The highest BCUT2D eigenvalue weighted by Crippen LogP contribution is 2.31. The summed E-state index contributed by atoms with van der Waals surface area (Å²) in [7, 11) is 0. The maximum atomic E-state index is 5.65. The van der Waals surface area contributed by atoms with Crippen LogP contribution in [-0.2, 0) is 12.8 Å². The molecule has 66 valence electrons.